The van der Waals surface area contributed by atoms with Crippen molar-refractivity contribution in [2.45, 2.75) is 70.7 Å². The van der Waals surface area contributed by atoms with Gasteiger partial charge in [-0.2, -0.15) is 0 Å². The summed E-state index contributed by atoms with van der Waals surface area (Å²) in [7, 11) is -3.94. The van der Waals surface area contributed by atoms with Crippen LogP contribution in [0.2, 0.25) is 0 Å². The Bertz CT molecular complexity index is 1350. The molecule has 0 aromatic heterocycles. The van der Waals surface area contributed by atoms with Gasteiger partial charge in [-0.3, -0.25) is 9.10 Å². The molecular weight excluding hydrogens is 468 g/mol. The average molecular weight is 505 g/mol. The zero-order valence-electron chi connectivity index (χ0n) is 21.7. The highest BCUT2D eigenvalue weighted by atomic mass is 32.2. The minimum Gasteiger partial charge on any atom is -0.348 e. The minimum absolute atomic E-state index is 0.167. The minimum atomic E-state index is -3.94. The van der Waals surface area contributed by atoms with Gasteiger partial charge in [-0.25, -0.2) is 8.42 Å². The topological polar surface area (TPSA) is 66.5 Å². The number of nitrogens with one attached hydrogen (secondary N) is 1. The van der Waals surface area contributed by atoms with E-state index in [4.69, 9.17) is 0 Å². The maximum atomic E-state index is 13.7. The number of rotatable bonds is 8. The number of fused-ring (bicyclic) bond motifs is 1. The van der Waals surface area contributed by atoms with Crippen molar-refractivity contribution in [3.63, 3.8) is 0 Å². The molecule has 0 radical (unpaired) electrons. The van der Waals surface area contributed by atoms with E-state index in [9.17, 15) is 13.2 Å². The third kappa shape index (κ3) is 5.65. The first kappa shape index (κ1) is 26.0. The Balaban J connectivity index is 1.62. The van der Waals surface area contributed by atoms with Crippen LogP contribution in [0, 0.1) is 20.8 Å². The van der Waals surface area contributed by atoms with E-state index in [0.717, 1.165) is 41.5 Å². The molecule has 4 rings (SSSR count). The SMILES string of the molecule is CC[C@@H](NC(=O)CN(c1ccc(C)c(C)c1)S(=O)(=O)c1ccc(C)cc1)c1ccc2c(c1)CCCC2. The van der Waals surface area contributed by atoms with Gasteiger partial charge in [-0.1, -0.05) is 48.9 Å². The van der Waals surface area contributed by atoms with Crippen molar-refractivity contribution in [3.05, 3.63) is 94.0 Å². The zero-order valence-corrected chi connectivity index (χ0v) is 22.5. The van der Waals surface area contributed by atoms with Crippen LogP contribution < -0.4 is 9.62 Å². The van der Waals surface area contributed by atoms with Crippen molar-refractivity contribution in [2.24, 2.45) is 0 Å². The second-order valence-electron chi connectivity index (χ2n) is 9.86. The molecule has 0 bridgehead atoms. The molecule has 5 nitrogen and oxygen atoms in total. The van der Waals surface area contributed by atoms with Gasteiger partial charge in [0.15, 0.2) is 0 Å². The third-order valence-corrected chi connectivity index (χ3v) is 8.98. The number of aryl methyl sites for hydroxylation is 5. The van der Waals surface area contributed by atoms with Gasteiger partial charge in [0.05, 0.1) is 16.6 Å². The molecule has 1 atom stereocenters. The molecule has 0 heterocycles. The summed E-state index contributed by atoms with van der Waals surface area (Å²) in [4.78, 5) is 13.5. The fourth-order valence-electron chi connectivity index (χ4n) is 4.79. The zero-order chi connectivity index (χ0) is 25.9. The van der Waals surface area contributed by atoms with Gasteiger partial charge < -0.3 is 5.32 Å². The summed E-state index contributed by atoms with van der Waals surface area (Å²) in [6.07, 6.45) is 5.33. The Morgan fingerprint density at radius 1 is 0.889 bits per heavy atom. The molecule has 0 saturated carbocycles. The number of benzene rings is 3. The maximum absolute atomic E-state index is 13.7. The van der Waals surface area contributed by atoms with Crippen LogP contribution in [-0.4, -0.2) is 20.9 Å². The van der Waals surface area contributed by atoms with Crippen LogP contribution in [-0.2, 0) is 27.7 Å². The second-order valence-corrected chi connectivity index (χ2v) is 11.7. The second kappa shape index (κ2) is 10.9. The Kier molecular flexibility index (Phi) is 7.84. The first-order valence-corrected chi connectivity index (χ1v) is 14.2. The molecule has 6 heteroatoms. The number of anilines is 1. The van der Waals surface area contributed by atoms with Gasteiger partial charge in [0.2, 0.25) is 5.91 Å². The van der Waals surface area contributed by atoms with Crippen molar-refractivity contribution >= 4 is 21.6 Å². The van der Waals surface area contributed by atoms with Crippen LogP contribution in [0.4, 0.5) is 5.69 Å². The molecule has 1 aliphatic carbocycles. The number of carbonyl (C=O) groups excluding carboxylic acids is 1. The molecule has 0 fully saturated rings. The summed E-state index contributed by atoms with van der Waals surface area (Å²) < 4.78 is 28.6. The van der Waals surface area contributed by atoms with Crippen LogP contribution in [0.1, 0.15) is 65.6 Å². The van der Waals surface area contributed by atoms with Gasteiger partial charge in [0.25, 0.3) is 10.0 Å². The molecular formula is C30H36N2O3S. The number of amides is 1. The number of sulfonamides is 1. The van der Waals surface area contributed by atoms with E-state index in [1.54, 1.807) is 30.3 Å². The molecule has 1 amide bonds. The lowest BCUT2D eigenvalue weighted by Crippen LogP contribution is -2.42. The first-order valence-electron chi connectivity index (χ1n) is 12.8. The highest BCUT2D eigenvalue weighted by molar-refractivity contribution is 7.92. The van der Waals surface area contributed by atoms with Crippen LogP contribution in [0.25, 0.3) is 0 Å². The first-order chi connectivity index (χ1) is 17.2. The Morgan fingerprint density at radius 3 is 2.25 bits per heavy atom. The molecule has 0 saturated heterocycles. The predicted molar refractivity (Wildman–Crippen MR) is 146 cm³/mol. The Hall–Kier alpha value is -3.12. The van der Waals surface area contributed by atoms with Gasteiger partial charge >= 0.3 is 0 Å². The van der Waals surface area contributed by atoms with E-state index in [-0.39, 0.29) is 23.4 Å². The van der Waals surface area contributed by atoms with Crippen LogP contribution in [0.5, 0.6) is 0 Å². The standard InChI is InChI=1S/C30H36N2O3S/c1-5-29(26-14-13-24-8-6-7-9-25(24)19-26)31-30(33)20-32(27-15-12-22(3)23(4)18-27)36(34,35)28-16-10-21(2)11-17-28/h10-19,29H,5-9,20H2,1-4H3,(H,31,33)/t29-/m1/s1. The van der Waals surface area contributed by atoms with Gasteiger partial charge in [-0.15, -0.1) is 0 Å². The third-order valence-electron chi connectivity index (χ3n) is 7.19. The largest absolute Gasteiger partial charge is 0.348 e. The highest BCUT2D eigenvalue weighted by Gasteiger charge is 2.28. The molecule has 0 spiro atoms. The molecule has 1 aliphatic rings. The quantitative estimate of drug-likeness (QED) is 0.412. The monoisotopic (exact) mass is 504 g/mol. The fraction of sp³-hybridized carbons (Fsp3) is 0.367. The van der Waals surface area contributed by atoms with Crippen LogP contribution >= 0.6 is 0 Å². The van der Waals surface area contributed by atoms with Crippen molar-refractivity contribution in [1.82, 2.24) is 5.32 Å². The van der Waals surface area contributed by atoms with Crippen LogP contribution in [0.15, 0.2) is 65.6 Å². The summed E-state index contributed by atoms with van der Waals surface area (Å²) >= 11 is 0. The normalized spacial score (nSPS) is 14.1. The van der Waals surface area contributed by atoms with E-state index in [1.165, 1.54) is 28.3 Å². The average Bonchev–Trinajstić information content (AvgIpc) is 2.87. The number of carbonyl (C=O) groups is 1. The van der Waals surface area contributed by atoms with Gasteiger partial charge in [-0.05, 0) is 105 Å². The summed E-state index contributed by atoms with van der Waals surface area (Å²) in [5.74, 6) is -0.325. The molecule has 36 heavy (non-hydrogen) atoms. The van der Waals surface area contributed by atoms with E-state index in [1.807, 2.05) is 39.8 Å². The summed E-state index contributed by atoms with van der Waals surface area (Å²) in [5, 5.41) is 3.10. The summed E-state index contributed by atoms with van der Waals surface area (Å²) in [6, 6.07) is 18.5. The highest BCUT2D eigenvalue weighted by Crippen LogP contribution is 2.28. The van der Waals surface area contributed by atoms with Crippen molar-refractivity contribution in [1.29, 1.82) is 0 Å². The van der Waals surface area contributed by atoms with Crippen molar-refractivity contribution in [2.75, 3.05) is 10.8 Å². The molecule has 0 unspecified atom stereocenters. The van der Waals surface area contributed by atoms with E-state index in [0.29, 0.717) is 5.69 Å². The van der Waals surface area contributed by atoms with Gasteiger partial charge in [0.1, 0.15) is 6.54 Å². The maximum Gasteiger partial charge on any atom is 0.264 e. The van der Waals surface area contributed by atoms with Crippen molar-refractivity contribution < 1.29 is 13.2 Å². The number of hydrogen-bond acceptors (Lipinski definition) is 3. The van der Waals surface area contributed by atoms with E-state index in [2.05, 4.69) is 23.5 Å². The Labute approximate surface area is 215 Å². The Morgan fingerprint density at radius 2 is 1.58 bits per heavy atom. The number of hydrogen-bond donors (Lipinski definition) is 1. The lowest BCUT2D eigenvalue weighted by molar-refractivity contribution is -0.120. The molecule has 0 aliphatic heterocycles. The predicted octanol–water partition coefficient (Wildman–Crippen LogP) is 5.95. The lowest BCUT2D eigenvalue weighted by atomic mass is 9.89. The lowest BCUT2D eigenvalue weighted by Gasteiger charge is -2.27. The fourth-order valence-corrected chi connectivity index (χ4v) is 6.21. The summed E-state index contributed by atoms with van der Waals surface area (Å²) in [6.45, 7) is 7.58. The van der Waals surface area contributed by atoms with E-state index >= 15 is 0 Å². The van der Waals surface area contributed by atoms with Crippen LogP contribution in [0.3, 0.4) is 0 Å². The molecule has 1 N–H and O–H groups in total. The summed E-state index contributed by atoms with van der Waals surface area (Å²) in [5.41, 5.74) is 7.33. The molecule has 3 aromatic rings. The smallest absolute Gasteiger partial charge is 0.264 e. The van der Waals surface area contributed by atoms with E-state index < -0.39 is 10.0 Å². The molecule has 190 valence electrons. The molecule has 3 aromatic carbocycles. The van der Waals surface area contributed by atoms with Crippen molar-refractivity contribution in [3.8, 4) is 0 Å². The number of nitrogens with zero attached hydrogens (tertiary/aromatic N) is 1. The van der Waals surface area contributed by atoms with Gasteiger partial charge in [0, 0.05) is 0 Å².